The maximum Gasteiger partial charge on any atom is 0.232 e. The van der Waals surface area contributed by atoms with Crippen LogP contribution in [0.3, 0.4) is 0 Å². The van der Waals surface area contributed by atoms with E-state index in [-0.39, 0.29) is 23.4 Å². The second-order valence-corrected chi connectivity index (χ2v) is 9.30. The van der Waals surface area contributed by atoms with Crippen molar-refractivity contribution in [3.8, 4) is 5.88 Å². The van der Waals surface area contributed by atoms with E-state index in [1.807, 2.05) is 0 Å². The summed E-state index contributed by atoms with van der Waals surface area (Å²) in [7, 11) is -2.23. The Kier molecular flexibility index (Phi) is 6.59. The van der Waals surface area contributed by atoms with Gasteiger partial charge in [-0.25, -0.2) is 32.2 Å². The smallest absolute Gasteiger partial charge is 0.232 e. The lowest BCUT2D eigenvalue weighted by Crippen LogP contribution is -2.17. The number of benzene rings is 1. The average Bonchev–Trinajstić information content (AvgIpc) is 3.23. The second-order valence-electron chi connectivity index (χ2n) is 7.46. The number of fused-ring (bicyclic) bond motifs is 1. The van der Waals surface area contributed by atoms with Crippen molar-refractivity contribution in [1.82, 2.24) is 19.9 Å². The Hall–Kier alpha value is -3.80. The van der Waals surface area contributed by atoms with Crippen LogP contribution < -0.4 is 14.8 Å². The molecule has 0 aliphatic rings. The molecule has 0 saturated heterocycles. The van der Waals surface area contributed by atoms with Crippen molar-refractivity contribution in [2.24, 2.45) is 0 Å². The summed E-state index contributed by atoms with van der Waals surface area (Å²) in [5.41, 5.74) is 1.03. The van der Waals surface area contributed by atoms with Gasteiger partial charge in [0.1, 0.15) is 23.6 Å². The molecule has 0 radical (unpaired) electrons. The Bertz CT molecular complexity index is 1420. The summed E-state index contributed by atoms with van der Waals surface area (Å²) >= 11 is 0. The second kappa shape index (κ2) is 9.59. The van der Waals surface area contributed by atoms with Crippen LogP contribution in [0.25, 0.3) is 11.0 Å². The largest absolute Gasteiger partial charge is 0.481 e. The maximum absolute atomic E-state index is 15.2. The van der Waals surface area contributed by atoms with Gasteiger partial charge < -0.3 is 15.0 Å². The minimum absolute atomic E-state index is 0.163. The Labute approximate surface area is 194 Å². The number of halogens is 2. The van der Waals surface area contributed by atoms with E-state index in [0.717, 1.165) is 12.1 Å². The molecule has 178 valence electrons. The fraction of sp³-hybridized carbons (Fsp3) is 0.227. The molecule has 0 aliphatic carbocycles. The van der Waals surface area contributed by atoms with Gasteiger partial charge in [0, 0.05) is 24.2 Å². The number of hydrogen-bond acceptors (Lipinski definition) is 7. The molecule has 1 aromatic carbocycles. The number of ether oxygens (including phenoxy) is 1. The topological polar surface area (TPSA) is 122 Å². The normalized spacial score (nSPS) is 11.5. The highest BCUT2D eigenvalue weighted by Crippen LogP contribution is 2.31. The third kappa shape index (κ3) is 4.91. The van der Waals surface area contributed by atoms with E-state index in [1.54, 1.807) is 31.5 Å². The van der Waals surface area contributed by atoms with Crippen molar-refractivity contribution in [1.29, 1.82) is 0 Å². The van der Waals surface area contributed by atoms with Gasteiger partial charge in [0.05, 0.1) is 35.8 Å². The Balaban J connectivity index is 1.69. The highest BCUT2D eigenvalue weighted by Gasteiger charge is 2.20. The lowest BCUT2D eigenvalue weighted by molar-refractivity contribution is 0.398. The molecule has 0 aliphatic heterocycles. The predicted molar refractivity (Wildman–Crippen MR) is 125 cm³/mol. The van der Waals surface area contributed by atoms with Crippen LogP contribution in [0.4, 0.5) is 26.0 Å². The predicted octanol–water partition coefficient (Wildman–Crippen LogP) is 4.13. The molecule has 0 bridgehead atoms. The fourth-order valence-electron chi connectivity index (χ4n) is 3.49. The van der Waals surface area contributed by atoms with Crippen LogP contribution in [-0.2, 0) is 16.4 Å². The number of anilines is 3. The number of H-pyrrole nitrogens is 1. The van der Waals surface area contributed by atoms with Crippen molar-refractivity contribution in [2.45, 2.75) is 19.8 Å². The summed E-state index contributed by atoms with van der Waals surface area (Å²) in [5, 5.41) is 3.66. The first kappa shape index (κ1) is 23.4. The Morgan fingerprint density at radius 1 is 1.12 bits per heavy atom. The van der Waals surface area contributed by atoms with E-state index in [4.69, 9.17) is 4.74 Å². The summed E-state index contributed by atoms with van der Waals surface area (Å²) in [4.78, 5) is 15.6. The standard InChI is InChI=1S/C22H22F2N6O3S/c1-3-8-34(31,32)30-17-6-5-16(23)15(20(17)24)9-13-10-26-21-19(13)22(28-12-27-21)29-14-4-7-18(33-2)25-11-14/h4-7,10-12,30H,3,8-9H2,1-2H3,(H2,26,27,28,29). The number of rotatable bonds is 9. The van der Waals surface area contributed by atoms with Crippen LogP contribution in [0.5, 0.6) is 5.88 Å². The van der Waals surface area contributed by atoms with Gasteiger partial charge in [0.15, 0.2) is 5.82 Å². The number of sulfonamides is 1. The minimum atomic E-state index is -3.74. The van der Waals surface area contributed by atoms with Gasteiger partial charge in [0.25, 0.3) is 0 Å². The summed E-state index contributed by atoms with van der Waals surface area (Å²) in [6, 6.07) is 5.53. The lowest BCUT2D eigenvalue weighted by Gasteiger charge is -2.12. The van der Waals surface area contributed by atoms with E-state index < -0.39 is 21.7 Å². The number of nitrogens with one attached hydrogen (secondary N) is 3. The van der Waals surface area contributed by atoms with Crippen LogP contribution in [-0.4, -0.2) is 41.2 Å². The van der Waals surface area contributed by atoms with Gasteiger partial charge in [-0.2, -0.15) is 0 Å². The van der Waals surface area contributed by atoms with Crippen LogP contribution >= 0.6 is 0 Å². The molecule has 4 rings (SSSR count). The molecule has 0 atom stereocenters. The van der Waals surface area contributed by atoms with Crippen molar-refractivity contribution < 1.29 is 21.9 Å². The maximum atomic E-state index is 15.2. The van der Waals surface area contributed by atoms with E-state index >= 15 is 4.39 Å². The van der Waals surface area contributed by atoms with Gasteiger partial charge in [-0.1, -0.05) is 6.92 Å². The molecular formula is C22H22F2N6O3S. The number of nitrogens with zero attached hydrogens (tertiary/aromatic N) is 3. The van der Waals surface area contributed by atoms with Crippen molar-refractivity contribution in [2.75, 3.05) is 22.9 Å². The number of pyridine rings is 1. The number of methoxy groups -OCH3 is 1. The molecule has 9 nitrogen and oxygen atoms in total. The fourth-order valence-corrected chi connectivity index (χ4v) is 4.62. The molecule has 0 fully saturated rings. The highest BCUT2D eigenvalue weighted by molar-refractivity contribution is 7.92. The zero-order chi connectivity index (χ0) is 24.3. The molecule has 0 saturated carbocycles. The third-order valence-electron chi connectivity index (χ3n) is 5.05. The molecule has 0 spiro atoms. The van der Waals surface area contributed by atoms with E-state index in [9.17, 15) is 12.8 Å². The SMILES string of the molecule is CCCS(=O)(=O)Nc1ccc(F)c(Cc2c[nH]c3ncnc(Nc4ccc(OC)nc4)c23)c1F. The van der Waals surface area contributed by atoms with Crippen molar-refractivity contribution in [3.63, 3.8) is 0 Å². The Morgan fingerprint density at radius 3 is 2.65 bits per heavy atom. The molecule has 3 heterocycles. The van der Waals surface area contributed by atoms with Crippen molar-refractivity contribution in [3.05, 3.63) is 65.7 Å². The molecule has 0 unspecified atom stereocenters. The van der Waals surface area contributed by atoms with Crippen molar-refractivity contribution >= 4 is 38.2 Å². The van der Waals surface area contributed by atoms with Crippen LogP contribution in [0.2, 0.25) is 0 Å². The van der Waals surface area contributed by atoms with Gasteiger partial charge >= 0.3 is 0 Å². The zero-order valence-corrected chi connectivity index (χ0v) is 19.2. The average molecular weight is 489 g/mol. The first-order valence-electron chi connectivity index (χ1n) is 10.4. The molecule has 3 aromatic heterocycles. The molecule has 3 N–H and O–H groups in total. The third-order valence-corrected chi connectivity index (χ3v) is 6.53. The Morgan fingerprint density at radius 2 is 1.94 bits per heavy atom. The molecule has 34 heavy (non-hydrogen) atoms. The monoisotopic (exact) mass is 488 g/mol. The first-order valence-corrected chi connectivity index (χ1v) is 12.0. The van der Waals surface area contributed by atoms with E-state index in [0.29, 0.717) is 40.4 Å². The number of aromatic nitrogens is 4. The molecule has 4 aromatic rings. The van der Waals surface area contributed by atoms with Crippen LogP contribution in [0.15, 0.2) is 43.0 Å². The van der Waals surface area contributed by atoms with Gasteiger partial charge in [-0.05, 0) is 30.2 Å². The summed E-state index contributed by atoms with van der Waals surface area (Å²) in [6.07, 6.45) is 4.70. The number of hydrogen-bond donors (Lipinski definition) is 3. The molecular weight excluding hydrogens is 466 g/mol. The quantitative estimate of drug-likeness (QED) is 0.324. The summed E-state index contributed by atoms with van der Waals surface area (Å²) in [6.45, 7) is 1.69. The molecule has 12 heteroatoms. The lowest BCUT2D eigenvalue weighted by atomic mass is 10.0. The minimum Gasteiger partial charge on any atom is -0.481 e. The van der Waals surface area contributed by atoms with Crippen LogP contribution in [0.1, 0.15) is 24.5 Å². The zero-order valence-electron chi connectivity index (χ0n) is 18.4. The first-order chi connectivity index (χ1) is 16.3. The van der Waals surface area contributed by atoms with E-state index in [1.165, 1.54) is 13.4 Å². The highest BCUT2D eigenvalue weighted by atomic mass is 32.2. The van der Waals surface area contributed by atoms with Gasteiger partial charge in [-0.15, -0.1) is 0 Å². The summed E-state index contributed by atoms with van der Waals surface area (Å²) in [5.74, 6) is -1.08. The van der Waals surface area contributed by atoms with Gasteiger partial charge in [-0.3, -0.25) is 4.72 Å². The van der Waals surface area contributed by atoms with Gasteiger partial charge in [0.2, 0.25) is 15.9 Å². The van der Waals surface area contributed by atoms with E-state index in [2.05, 4.69) is 30.0 Å². The number of aromatic amines is 1. The molecule has 0 amide bonds. The van der Waals surface area contributed by atoms with Crippen LogP contribution in [0, 0.1) is 11.6 Å². The summed E-state index contributed by atoms with van der Waals surface area (Å²) < 4.78 is 61.2.